The van der Waals surface area contributed by atoms with Gasteiger partial charge in [-0.1, -0.05) is 30.3 Å². The number of morpholine rings is 1. The molecule has 1 aromatic carbocycles. The summed E-state index contributed by atoms with van der Waals surface area (Å²) in [6, 6.07) is 10.1. The van der Waals surface area contributed by atoms with E-state index < -0.39 is 11.6 Å². The molecule has 1 aromatic rings. The highest BCUT2D eigenvalue weighted by Crippen LogP contribution is 2.19. The van der Waals surface area contributed by atoms with E-state index in [-0.39, 0.29) is 0 Å². The molecule has 1 N–H and O–H groups in total. The number of benzene rings is 1. The number of carboxylic acid groups (broad SMARTS) is 1. The quantitative estimate of drug-likeness (QED) is 0.859. The van der Waals surface area contributed by atoms with E-state index in [0.717, 1.165) is 13.1 Å². The van der Waals surface area contributed by atoms with Crippen molar-refractivity contribution < 1.29 is 14.6 Å². The van der Waals surface area contributed by atoms with Crippen molar-refractivity contribution in [3.05, 3.63) is 35.9 Å². The van der Waals surface area contributed by atoms with Crippen LogP contribution in [-0.4, -0.2) is 41.3 Å². The van der Waals surface area contributed by atoms with Gasteiger partial charge in [0.15, 0.2) is 5.60 Å². The molecule has 0 bridgehead atoms. The molecular formula is C13H17NO3. The molecule has 92 valence electrons. The molecule has 1 aliphatic heterocycles. The summed E-state index contributed by atoms with van der Waals surface area (Å²) in [6.45, 7) is 4.07. The van der Waals surface area contributed by atoms with Crippen molar-refractivity contribution >= 4 is 5.97 Å². The van der Waals surface area contributed by atoms with Gasteiger partial charge in [-0.3, -0.25) is 4.90 Å². The minimum absolute atomic E-state index is 0.428. The van der Waals surface area contributed by atoms with Crippen LogP contribution < -0.4 is 0 Å². The summed E-state index contributed by atoms with van der Waals surface area (Å²) < 4.78 is 5.35. The van der Waals surface area contributed by atoms with Crippen LogP contribution >= 0.6 is 0 Å². The number of nitrogens with zero attached hydrogens (tertiary/aromatic N) is 1. The van der Waals surface area contributed by atoms with Gasteiger partial charge in [-0.2, -0.15) is 0 Å². The van der Waals surface area contributed by atoms with Gasteiger partial charge in [0.2, 0.25) is 0 Å². The van der Waals surface area contributed by atoms with Crippen LogP contribution in [0.15, 0.2) is 30.3 Å². The van der Waals surface area contributed by atoms with E-state index in [4.69, 9.17) is 9.84 Å². The van der Waals surface area contributed by atoms with Gasteiger partial charge in [-0.05, 0) is 12.5 Å². The molecule has 4 nitrogen and oxygen atoms in total. The highest BCUT2D eigenvalue weighted by atomic mass is 16.5. The Morgan fingerprint density at radius 3 is 2.82 bits per heavy atom. The fraction of sp³-hybridized carbons (Fsp3) is 0.462. The average molecular weight is 235 g/mol. The lowest BCUT2D eigenvalue weighted by molar-refractivity contribution is -0.174. The van der Waals surface area contributed by atoms with Gasteiger partial charge in [-0.25, -0.2) is 4.79 Å². The van der Waals surface area contributed by atoms with Gasteiger partial charge < -0.3 is 9.84 Å². The molecule has 2 rings (SSSR count). The monoisotopic (exact) mass is 235 g/mol. The maximum Gasteiger partial charge on any atom is 0.337 e. The Labute approximate surface area is 101 Å². The van der Waals surface area contributed by atoms with Crippen LogP contribution in [0.2, 0.25) is 0 Å². The number of carboxylic acids is 1. The van der Waals surface area contributed by atoms with Crippen LogP contribution in [0.3, 0.4) is 0 Å². The van der Waals surface area contributed by atoms with Gasteiger partial charge in [0, 0.05) is 19.6 Å². The van der Waals surface area contributed by atoms with Gasteiger partial charge >= 0.3 is 5.97 Å². The first-order valence-electron chi connectivity index (χ1n) is 5.74. The molecule has 17 heavy (non-hydrogen) atoms. The highest BCUT2D eigenvalue weighted by Gasteiger charge is 2.39. The molecule has 4 heteroatoms. The zero-order chi connectivity index (χ0) is 12.3. The number of carbonyl (C=O) groups is 1. The molecular weight excluding hydrogens is 218 g/mol. The largest absolute Gasteiger partial charge is 0.479 e. The molecule has 0 amide bonds. The Hall–Kier alpha value is -1.39. The van der Waals surface area contributed by atoms with E-state index in [1.54, 1.807) is 6.92 Å². The van der Waals surface area contributed by atoms with Crippen LogP contribution in [0.4, 0.5) is 0 Å². The molecule has 0 spiro atoms. The first-order chi connectivity index (χ1) is 8.10. The second kappa shape index (κ2) is 4.85. The second-order valence-corrected chi connectivity index (χ2v) is 4.58. The lowest BCUT2D eigenvalue weighted by Crippen LogP contribution is -2.54. The average Bonchev–Trinajstić information content (AvgIpc) is 2.30. The van der Waals surface area contributed by atoms with Gasteiger partial charge in [0.25, 0.3) is 0 Å². The zero-order valence-electron chi connectivity index (χ0n) is 9.93. The lowest BCUT2D eigenvalue weighted by Gasteiger charge is -2.37. The molecule has 1 aliphatic rings. The Balaban J connectivity index is 2.01. The van der Waals surface area contributed by atoms with Crippen LogP contribution in [0.25, 0.3) is 0 Å². The molecule has 1 fully saturated rings. The maximum atomic E-state index is 11.1. The molecule has 0 saturated carbocycles. The van der Waals surface area contributed by atoms with Crippen molar-refractivity contribution in [3.8, 4) is 0 Å². The lowest BCUT2D eigenvalue weighted by atomic mass is 10.0. The van der Waals surface area contributed by atoms with E-state index in [0.29, 0.717) is 13.2 Å². The predicted octanol–water partition coefficient (Wildman–Crippen LogP) is 1.36. The Kier molecular flexibility index (Phi) is 3.45. The third kappa shape index (κ3) is 2.84. The molecule has 1 atom stereocenters. The fourth-order valence-electron chi connectivity index (χ4n) is 2.06. The first kappa shape index (κ1) is 12.1. The SMILES string of the molecule is C[C@@]1(C(=O)O)CN(Cc2ccccc2)CCO1. The van der Waals surface area contributed by atoms with E-state index in [2.05, 4.69) is 4.90 Å². The van der Waals surface area contributed by atoms with Crippen molar-refractivity contribution in [1.29, 1.82) is 0 Å². The third-order valence-corrected chi connectivity index (χ3v) is 3.05. The predicted molar refractivity (Wildman–Crippen MR) is 63.7 cm³/mol. The summed E-state index contributed by atoms with van der Waals surface area (Å²) in [6.07, 6.45) is 0. The Morgan fingerprint density at radius 2 is 2.18 bits per heavy atom. The van der Waals surface area contributed by atoms with E-state index in [1.807, 2.05) is 30.3 Å². The third-order valence-electron chi connectivity index (χ3n) is 3.05. The zero-order valence-corrected chi connectivity index (χ0v) is 9.93. The maximum absolute atomic E-state index is 11.1. The Morgan fingerprint density at radius 1 is 1.47 bits per heavy atom. The van der Waals surface area contributed by atoms with Crippen molar-refractivity contribution in [2.75, 3.05) is 19.7 Å². The summed E-state index contributed by atoms with van der Waals surface area (Å²) in [7, 11) is 0. The fourth-order valence-corrected chi connectivity index (χ4v) is 2.06. The van der Waals surface area contributed by atoms with Crippen LogP contribution in [0.1, 0.15) is 12.5 Å². The summed E-state index contributed by atoms with van der Waals surface area (Å²) >= 11 is 0. The van der Waals surface area contributed by atoms with Crippen LogP contribution in [-0.2, 0) is 16.1 Å². The second-order valence-electron chi connectivity index (χ2n) is 4.58. The smallest absolute Gasteiger partial charge is 0.337 e. The van der Waals surface area contributed by atoms with Crippen LogP contribution in [0, 0.1) is 0 Å². The normalized spacial score (nSPS) is 25.7. The number of aliphatic carboxylic acids is 1. The highest BCUT2D eigenvalue weighted by molar-refractivity contribution is 5.77. The van der Waals surface area contributed by atoms with E-state index >= 15 is 0 Å². The van der Waals surface area contributed by atoms with Crippen molar-refractivity contribution in [2.24, 2.45) is 0 Å². The summed E-state index contributed by atoms with van der Waals surface area (Å²) in [5, 5.41) is 9.13. The van der Waals surface area contributed by atoms with Crippen LogP contribution in [0.5, 0.6) is 0 Å². The van der Waals surface area contributed by atoms with Gasteiger partial charge in [0.05, 0.1) is 6.61 Å². The summed E-state index contributed by atoms with van der Waals surface area (Å²) in [5.41, 5.74) is 0.120. The van der Waals surface area contributed by atoms with E-state index in [9.17, 15) is 4.79 Å². The molecule has 1 heterocycles. The standard InChI is InChI=1S/C13H17NO3/c1-13(12(15)16)10-14(7-8-17-13)9-11-5-3-2-4-6-11/h2-6H,7-10H2,1H3,(H,15,16)/t13-/m0/s1. The van der Waals surface area contributed by atoms with Crippen molar-refractivity contribution in [2.45, 2.75) is 19.1 Å². The number of hydrogen-bond donors (Lipinski definition) is 1. The number of rotatable bonds is 3. The first-order valence-corrected chi connectivity index (χ1v) is 5.74. The summed E-state index contributed by atoms with van der Waals surface area (Å²) in [5.74, 6) is -0.893. The topological polar surface area (TPSA) is 49.8 Å². The summed E-state index contributed by atoms with van der Waals surface area (Å²) in [4.78, 5) is 13.2. The molecule has 0 unspecified atom stereocenters. The minimum atomic E-state index is -1.08. The molecule has 1 saturated heterocycles. The van der Waals surface area contributed by atoms with E-state index in [1.165, 1.54) is 5.56 Å². The number of ether oxygens (including phenoxy) is 1. The minimum Gasteiger partial charge on any atom is -0.479 e. The van der Waals surface area contributed by atoms with Crippen molar-refractivity contribution in [1.82, 2.24) is 4.90 Å². The number of hydrogen-bond acceptors (Lipinski definition) is 3. The van der Waals surface area contributed by atoms with Crippen molar-refractivity contribution in [3.63, 3.8) is 0 Å². The van der Waals surface area contributed by atoms with Gasteiger partial charge in [0.1, 0.15) is 0 Å². The Bertz CT molecular complexity index is 393. The molecule has 0 aliphatic carbocycles. The van der Waals surface area contributed by atoms with Gasteiger partial charge in [-0.15, -0.1) is 0 Å². The molecule has 0 radical (unpaired) electrons. The molecule has 0 aromatic heterocycles.